The molecule has 2 heterocycles. The van der Waals surface area contributed by atoms with Crippen molar-refractivity contribution in [2.75, 3.05) is 18.5 Å². The molecule has 0 aliphatic carbocycles. The molecule has 7 heteroatoms. The molecule has 24 heavy (non-hydrogen) atoms. The zero-order valence-corrected chi connectivity index (χ0v) is 14.0. The van der Waals surface area contributed by atoms with Gasteiger partial charge in [0.1, 0.15) is 18.0 Å². The number of anilines is 1. The van der Waals surface area contributed by atoms with Crippen LogP contribution in [-0.2, 0) is 6.42 Å². The summed E-state index contributed by atoms with van der Waals surface area (Å²) < 4.78 is 16.6. The second kappa shape index (κ2) is 6.43. The van der Waals surface area contributed by atoms with E-state index >= 15 is 0 Å². The molecule has 2 aromatic rings. The number of nitrogens with zero attached hydrogens (tertiary/aromatic N) is 1. The molecule has 1 aliphatic rings. The fraction of sp³-hybridized carbons (Fsp3) is 0.412. The smallest absolute Gasteiger partial charge is 0.320 e. The van der Waals surface area contributed by atoms with Gasteiger partial charge in [-0.2, -0.15) is 0 Å². The van der Waals surface area contributed by atoms with E-state index in [-0.39, 0.29) is 11.6 Å². The quantitative estimate of drug-likeness (QED) is 0.823. The van der Waals surface area contributed by atoms with Gasteiger partial charge in [0.15, 0.2) is 17.3 Å². The van der Waals surface area contributed by atoms with Gasteiger partial charge in [-0.05, 0) is 26.8 Å². The Labute approximate surface area is 140 Å². The van der Waals surface area contributed by atoms with Crippen LogP contribution in [0.2, 0.25) is 0 Å². The van der Waals surface area contributed by atoms with Crippen molar-refractivity contribution in [1.29, 1.82) is 0 Å². The van der Waals surface area contributed by atoms with Crippen LogP contribution in [-0.4, -0.2) is 29.9 Å². The molecule has 7 nitrogen and oxygen atoms in total. The molecule has 128 valence electrons. The van der Waals surface area contributed by atoms with E-state index in [4.69, 9.17) is 14.0 Å². The number of fused-ring (bicyclic) bond motifs is 1. The zero-order valence-electron chi connectivity index (χ0n) is 14.0. The van der Waals surface area contributed by atoms with E-state index in [2.05, 4.69) is 15.8 Å². The summed E-state index contributed by atoms with van der Waals surface area (Å²) in [4.78, 5) is 11.7. The predicted octanol–water partition coefficient (Wildman–Crippen LogP) is 2.90. The number of hydrogen-bond donors (Lipinski definition) is 2. The predicted molar refractivity (Wildman–Crippen MR) is 88.6 cm³/mol. The van der Waals surface area contributed by atoms with Gasteiger partial charge >= 0.3 is 6.03 Å². The Morgan fingerprint density at radius 1 is 1.42 bits per heavy atom. The Morgan fingerprint density at radius 2 is 2.25 bits per heavy atom. The third-order valence-electron chi connectivity index (χ3n) is 3.57. The van der Waals surface area contributed by atoms with Crippen molar-refractivity contribution in [2.24, 2.45) is 0 Å². The van der Waals surface area contributed by atoms with E-state index in [1.54, 1.807) is 13.0 Å². The second-order valence-electron chi connectivity index (χ2n) is 6.34. The van der Waals surface area contributed by atoms with Crippen LogP contribution in [0.15, 0.2) is 28.8 Å². The van der Waals surface area contributed by atoms with Crippen LogP contribution in [0.1, 0.15) is 25.2 Å². The number of rotatable bonds is 5. The summed E-state index contributed by atoms with van der Waals surface area (Å²) in [7, 11) is 0. The summed E-state index contributed by atoms with van der Waals surface area (Å²) in [6.07, 6.45) is 0.858. The van der Waals surface area contributed by atoms with Crippen LogP contribution >= 0.6 is 0 Å². The monoisotopic (exact) mass is 331 g/mol. The first-order valence-electron chi connectivity index (χ1n) is 7.85. The molecule has 0 unspecified atom stereocenters. The first kappa shape index (κ1) is 16.2. The molecule has 0 fully saturated rings. The first-order chi connectivity index (χ1) is 11.4. The van der Waals surface area contributed by atoms with Gasteiger partial charge in [0.05, 0.1) is 6.54 Å². The van der Waals surface area contributed by atoms with Crippen LogP contribution in [0.3, 0.4) is 0 Å². The number of urea groups is 1. The number of hydrogen-bond acceptors (Lipinski definition) is 5. The number of ether oxygens (including phenoxy) is 2. The maximum absolute atomic E-state index is 11.7. The van der Waals surface area contributed by atoms with E-state index in [9.17, 15) is 4.79 Å². The SMILES string of the molecule is Cc1cc(NC(=O)NCCOc2cccc3c2OC(C)(C)C3)no1. The Bertz CT molecular complexity index is 739. The normalized spacial score (nSPS) is 14.6. The van der Waals surface area contributed by atoms with Crippen molar-refractivity contribution in [3.05, 3.63) is 35.6 Å². The number of benzene rings is 1. The van der Waals surface area contributed by atoms with Crippen molar-refractivity contribution < 1.29 is 18.8 Å². The van der Waals surface area contributed by atoms with Gasteiger partial charge in [-0.25, -0.2) is 4.79 Å². The maximum Gasteiger partial charge on any atom is 0.320 e. The van der Waals surface area contributed by atoms with Gasteiger partial charge in [-0.1, -0.05) is 17.3 Å². The van der Waals surface area contributed by atoms with Gasteiger partial charge < -0.3 is 19.3 Å². The van der Waals surface area contributed by atoms with Gasteiger partial charge in [0.25, 0.3) is 0 Å². The molecular weight excluding hydrogens is 310 g/mol. The Balaban J connectivity index is 1.46. The van der Waals surface area contributed by atoms with E-state index < -0.39 is 0 Å². The standard InChI is InChI=1S/C17H21N3O4/c1-11-9-14(20-24-11)19-16(21)18-7-8-22-13-6-4-5-12-10-17(2,3)23-15(12)13/h4-6,9H,7-8,10H2,1-3H3,(H2,18,19,20,21). The lowest BCUT2D eigenvalue weighted by atomic mass is 10.0. The van der Waals surface area contributed by atoms with Gasteiger partial charge in [0.2, 0.25) is 0 Å². The summed E-state index contributed by atoms with van der Waals surface area (Å²) in [5, 5.41) is 8.97. The average molecular weight is 331 g/mol. The maximum atomic E-state index is 11.7. The molecular formula is C17H21N3O4. The lowest BCUT2D eigenvalue weighted by Crippen LogP contribution is -2.32. The molecule has 2 N–H and O–H groups in total. The highest BCUT2D eigenvalue weighted by molar-refractivity contribution is 5.88. The topological polar surface area (TPSA) is 85.6 Å². The third kappa shape index (κ3) is 3.79. The summed E-state index contributed by atoms with van der Waals surface area (Å²) in [6, 6.07) is 7.15. The van der Waals surface area contributed by atoms with Crippen LogP contribution in [0.4, 0.5) is 10.6 Å². The number of aromatic nitrogens is 1. The fourth-order valence-electron chi connectivity index (χ4n) is 2.61. The Hall–Kier alpha value is -2.70. The number of para-hydroxylation sites is 1. The van der Waals surface area contributed by atoms with Crippen molar-refractivity contribution in [1.82, 2.24) is 10.5 Å². The molecule has 1 aliphatic heterocycles. The molecule has 0 spiro atoms. The minimum Gasteiger partial charge on any atom is -0.488 e. The van der Waals surface area contributed by atoms with E-state index in [1.165, 1.54) is 0 Å². The summed E-state index contributed by atoms with van der Waals surface area (Å²) in [5.74, 6) is 2.51. The van der Waals surface area contributed by atoms with E-state index in [1.807, 2.05) is 32.0 Å². The van der Waals surface area contributed by atoms with Crippen molar-refractivity contribution in [2.45, 2.75) is 32.8 Å². The van der Waals surface area contributed by atoms with Crippen molar-refractivity contribution >= 4 is 11.8 Å². The molecule has 2 amide bonds. The largest absolute Gasteiger partial charge is 0.488 e. The summed E-state index contributed by atoms with van der Waals surface area (Å²) in [5.41, 5.74) is 0.931. The number of nitrogens with one attached hydrogen (secondary N) is 2. The van der Waals surface area contributed by atoms with Gasteiger partial charge in [-0.3, -0.25) is 5.32 Å². The molecule has 3 rings (SSSR count). The van der Waals surface area contributed by atoms with Crippen LogP contribution in [0, 0.1) is 6.92 Å². The minimum atomic E-state index is -0.359. The lowest BCUT2D eigenvalue weighted by Gasteiger charge is -2.18. The third-order valence-corrected chi connectivity index (χ3v) is 3.57. The molecule has 1 aromatic heterocycles. The molecule has 0 saturated carbocycles. The molecule has 0 saturated heterocycles. The highest BCUT2D eigenvalue weighted by Crippen LogP contribution is 2.41. The van der Waals surface area contributed by atoms with Gasteiger partial charge in [-0.15, -0.1) is 0 Å². The number of carbonyl (C=O) groups is 1. The van der Waals surface area contributed by atoms with Crippen LogP contribution in [0.25, 0.3) is 0 Å². The highest BCUT2D eigenvalue weighted by atomic mass is 16.5. The van der Waals surface area contributed by atoms with E-state index in [0.29, 0.717) is 30.5 Å². The fourth-order valence-corrected chi connectivity index (χ4v) is 2.61. The number of carbonyl (C=O) groups excluding carboxylic acids is 1. The van der Waals surface area contributed by atoms with Crippen LogP contribution in [0.5, 0.6) is 11.5 Å². The molecule has 0 bridgehead atoms. The lowest BCUT2D eigenvalue weighted by molar-refractivity contribution is 0.132. The Kier molecular flexibility index (Phi) is 4.33. The summed E-state index contributed by atoms with van der Waals surface area (Å²) >= 11 is 0. The molecule has 1 aromatic carbocycles. The van der Waals surface area contributed by atoms with E-state index in [0.717, 1.165) is 17.7 Å². The first-order valence-corrected chi connectivity index (χ1v) is 7.85. The minimum absolute atomic E-state index is 0.213. The Morgan fingerprint density at radius 3 is 3.00 bits per heavy atom. The summed E-state index contributed by atoms with van der Waals surface area (Å²) in [6.45, 7) is 6.55. The zero-order chi connectivity index (χ0) is 17.2. The highest BCUT2D eigenvalue weighted by Gasteiger charge is 2.32. The van der Waals surface area contributed by atoms with Crippen LogP contribution < -0.4 is 20.1 Å². The van der Waals surface area contributed by atoms with Crippen molar-refractivity contribution in [3.8, 4) is 11.5 Å². The average Bonchev–Trinajstić information content (AvgIpc) is 3.05. The van der Waals surface area contributed by atoms with Gasteiger partial charge in [0, 0.05) is 18.1 Å². The molecule has 0 radical (unpaired) electrons. The second-order valence-corrected chi connectivity index (χ2v) is 6.34. The molecule has 0 atom stereocenters. The number of aryl methyl sites for hydroxylation is 1. The van der Waals surface area contributed by atoms with Crippen molar-refractivity contribution in [3.63, 3.8) is 0 Å². The number of amides is 2.